The summed E-state index contributed by atoms with van der Waals surface area (Å²) in [5, 5.41) is 17.0. The van der Waals surface area contributed by atoms with Gasteiger partial charge >= 0.3 is 5.97 Å². The van der Waals surface area contributed by atoms with E-state index in [4.69, 9.17) is 5.11 Å². The second-order valence-corrected chi connectivity index (χ2v) is 4.17. The van der Waals surface area contributed by atoms with Gasteiger partial charge in [-0.2, -0.15) is 5.10 Å². The van der Waals surface area contributed by atoms with Gasteiger partial charge in [0.05, 0.1) is 17.3 Å². The molecule has 0 unspecified atom stereocenters. The van der Waals surface area contributed by atoms with E-state index in [0.717, 1.165) is 5.57 Å². The number of aromatic carboxylic acids is 1. The molecule has 0 atom stereocenters. The Hall–Kier alpha value is -2.37. The zero-order valence-electron chi connectivity index (χ0n) is 10.3. The number of aromatic nitrogens is 3. The minimum atomic E-state index is -1.02. The molecule has 2 aromatic rings. The molecule has 2 heterocycles. The first-order chi connectivity index (χ1) is 8.50. The SMILES string of the molecule is C=C(C)CNc1c(C(=O)O)cnc2c1cnn2C. The van der Waals surface area contributed by atoms with Gasteiger partial charge in [0.25, 0.3) is 0 Å². The Morgan fingerprint density at radius 3 is 2.89 bits per heavy atom. The molecule has 0 fully saturated rings. The summed E-state index contributed by atoms with van der Waals surface area (Å²) in [7, 11) is 1.76. The van der Waals surface area contributed by atoms with Gasteiger partial charge in [-0.3, -0.25) is 4.68 Å². The van der Waals surface area contributed by atoms with E-state index in [2.05, 4.69) is 22.0 Å². The van der Waals surface area contributed by atoms with Crippen LogP contribution in [0.15, 0.2) is 24.5 Å². The lowest BCUT2D eigenvalue weighted by atomic mass is 10.1. The number of nitrogens with zero attached hydrogens (tertiary/aromatic N) is 3. The number of aryl methyl sites for hydroxylation is 1. The fourth-order valence-corrected chi connectivity index (χ4v) is 1.69. The van der Waals surface area contributed by atoms with Crippen molar-refractivity contribution in [3.05, 3.63) is 30.1 Å². The smallest absolute Gasteiger partial charge is 0.339 e. The fraction of sp³-hybridized carbons (Fsp3) is 0.250. The molecule has 0 spiro atoms. The van der Waals surface area contributed by atoms with Crippen LogP contribution >= 0.6 is 0 Å². The molecule has 0 aliphatic carbocycles. The van der Waals surface area contributed by atoms with Gasteiger partial charge in [0.2, 0.25) is 0 Å². The van der Waals surface area contributed by atoms with E-state index in [0.29, 0.717) is 23.3 Å². The largest absolute Gasteiger partial charge is 0.478 e. The molecule has 0 saturated carbocycles. The molecule has 18 heavy (non-hydrogen) atoms. The van der Waals surface area contributed by atoms with Crippen LogP contribution in [0.3, 0.4) is 0 Å². The van der Waals surface area contributed by atoms with Crippen LogP contribution in [0.5, 0.6) is 0 Å². The molecule has 2 N–H and O–H groups in total. The Bertz CT molecular complexity index is 630. The van der Waals surface area contributed by atoms with Gasteiger partial charge < -0.3 is 10.4 Å². The summed E-state index contributed by atoms with van der Waals surface area (Å²) < 4.78 is 1.60. The molecule has 0 aromatic carbocycles. The van der Waals surface area contributed by atoms with Crippen LogP contribution in [0.25, 0.3) is 11.0 Å². The fourth-order valence-electron chi connectivity index (χ4n) is 1.69. The topological polar surface area (TPSA) is 80.0 Å². The molecule has 0 radical (unpaired) electrons. The van der Waals surface area contributed by atoms with E-state index in [9.17, 15) is 4.79 Å². The molecule has 94 valence electrons. The van der Waals surface area contributed by atoms with Crippen molar-refractivity contribution < 1.29 is 9.90 Å². The molecule has 2 aromatic heterocycles. The first-order valence-electron chi connectivity index (χ1n) is 5.43. The highest BCUT2D eigenvalue weighted by Gasteiger charge is 2.16. The molecule has 6 heteroatoms. The van der Waals surface area contributed by atoms with Crippen LogP contribution in [0.4, 0.5) is 5.69 Å². The maximum absolute atomic E-state index is 11.2. The second kappa shape index (κ2) is 4.48. The van der Waals surface area contributed by atoms with Gasteiger partial charge in [-0.1, -0.05) is 12.2 Å². The third-order valence-electron chi connectivity index (χ3n) is 2.56. The highest BCUT2D eigenvalue weighted by molar-refractivity contribution is 6.03. The van der Waals surface area contributed by atoms with Gasteiger partial charge in [0.15, 0.2) is 5.65 Å². The van der Waals surface area contributed by atoms with Crippen molar-refractivity contribution in [1.29, 1.82) is 0 Å². The van der Waals surface area contributed by atoms with Crippen molar-refractivity contribution in [3.8, 4) is 0 Å². The molecular weight excluding hydrogens is 232 g/mol. The maximum Gasteiger partial charge on any atom is 0.339 e. The van der Waals surface area contributed by atoms with Crippen LogP contribution in [0.2, 0.25) is 0 Å². The molecule has 0 bridgehead atoms. The summed E-state index contributed by atoms with van der Waals surface area (Å²) in [4.78, 5) is 15.3. The van der Waals surface area contributed by atoms with E-state index in [1.54, 1.807) is 17.9 Å². The van der Waals surface area contributed by atoms with Crippen molar-refractivity contribution in [2.75, 3.05) is 11.9 Å². The van der Waals surface area contributed by atoms with Gasteiger partial charge in [-0.15, -0.1) is 0 Å². The molecule has 0 aliphatic rings. The molecule has 6 nitrogen and oxygen atoms in total. The van der Waals surface area contributed by atoms with E-state index in [1.165, 1.54) is 6.20 Å². The predicted octanol–water partition coefficient (Wildman–Crippen LogP) is 1.65. The van der Waals surface area contributed by atoms with Gasteiger partial charge in [-0.05, 0) is 6.92 Å². The van der Waals surface area contributed by atoms with Crippen LogP contribution in [-0.4, -0.2) is 32.4 Å². The number of nitrogens with one attached hydrogen (secondary N) is 1. The van der Waals surface area contributed by atoms with Crippen molar-refractivity contribution in [2.24, 2.45) is 7.05 Å². The average molecular weight is 246 g/mol. The van der Waals surface area contributed by atoms with E-state index < -0.39 is 5.97 Å². The van der Waals surface area contributed by atoms with E-state index >= 15 is 0 Å². The summed E-state index contributed by atoms with van der Waals surface area (Å²) in [5.74, 6) is -1.02. The number of rotatable bonds is 4. The molecular formula is C12H14N4O2. The Kier molecular flexibility index (Phi) is 3.01. The van der Waals surface area contributed by atoms with Crippen molar-refractivity contribution in [1.82, 2.24) is 14.8 Å². The third kappa shape index (κ3) is 2.04. The lowest BCUT2D eigenvalue weighted by Gasteiger charge is -2.10. The highest BCUT2D eigenvalue weighted by atomic mass is 16.4. The molecule has 2 rings (SSSR count). The standard InChI is InChI=1S/C12H14N4O2/c1-7(2)4-13-10-8-6-15-16(3)11(8)14-5-9(10)12(17)18/h5-6H,1,4H2,2-3H3,(H,13,14)(H,17,18). The molecule has 0 amide bonds. The summed E-state index contributed by atoms with van der Waals surface area (Å²) in [6.07, 6.45) is 2.95. The van der Waals surface area contributed by atoms with Gasteiger partial charge in [0, 0.05) is 19.8 Å². The van der Waals surface area contributed by atoms with E-state index in [1.807, 2.05) is 6.92 Å². The first kappa shape index (κ1) is 12.1. The van der Waals surface area contributed by atoms with Gasteiger partial charge in [-0.25, -0.2) is 9.78 Å². The maximum atomic E-state index is 11.2. The van der Waals surface area contributed by atoms with Crippen molar-refractivity contribution in [2.45, 2.75) is 6.92 Å². The van der Waals surface area contributed by atoms with Crippen LogP contribution in [0, 0.1) is 0 Å². The average Bonchev–Trinajstić information content (AvgIpc) is 2.68. The van der Waals surface area contributed by atoms with Gasteiger partial charge in [0.1, 0.15) is 5.56 Å². The number of anilines is 1. The Morgan fingerprint density at radius 2 is 2.28 bits per heavy atom. The Labute approximate surface area is 104 Å². The van der Waals surface area contributed by atoms with Crippen LogP contribution in [0.1, 0.15) is 17.3 Å². The summed E-state index contributed by atoms with van der Waals surface area (Å²) in [5.41, 5.74) is 2.23. The van der Waals surface area contributed by atoms with Crippen LogP contribution < -0.4 is 5.32 Å². The molecule has 0 aliphatic heterocycles. The number of hydrogen-bond acceptors (Lipinski definition) is 4. The predicted molar refractivity (Wildman–Crippen MR) is 68.8 cm³/mol. The minimum Gasteiger partial charge on any atom is -0.478 e. The summed E-state index contributed by atoms with van der Waals surface area (Å²) >= 11 is 0. The Balaban J connectivity index is 2.59. The van der Waals surface area contributed by atoms with Crippen molar-refractivity contribution >= 4 is 22.7 Å². The first-order valence-corrected chi connectivity index (χ1v) is 5.43. The van der Waals surface area contributed by atoms with Crippen molar-refractivity contribution in [3.63, 3.8) is 0 Å². The molecule has 0 saturated heterocycles. The quantitative estimate of drug-likeness (QED) is 0.802. The number of hydrogen-bond donors (Lipinski definition) is 2. The lowest BCUT2D eigenvalue weighted by molar-refractivity contribution is 0.0697. The Morgan fingerprint density at radius 1 is 1.56 bits per heavy atom. The minimum absolute atomic E-state index is 0.136. The monoisotopic (exact) mass is 246 g/mol. The van der Waals surface area contributed by atoms with Crippen LogP contribution in [-0.2, 0) is 7.05 Å². The number of carboxylic acid groups (broad SMARTS) is 1. The lowest BCUT2D eigenvalue weighted by Crippen LogP contribution is -2.09. The second-order valence-electron chi connectivity index (χ2n) is 4.17. The number of fused-ring (bicyclic) bond motifs is 1. The zero-order chi connectivity index (χ0) is 13.3. The normalized spacial score (nSPS) is 10.6. The number of pyridine rings is 1. The highest BCUT2D eigenvalue weighted by Crippen LogP contribution is 2.25. The summed E-state index contributed by atoms with van der Waals surface area (Å²) in [6.45, 7) is 6.16. The zero-order valence-corrected chi connectivity index (χ0v) is 10.3. The number of carboxylic acids is 1. The number of carbonyl (C=O) groups is 1. The van der Waals surface area contributed by atoms with E-state index in [-0.39, 0.29) is 5.56 Å². The third-order valence-corrected chi connectivity index (χ3v) is 2.56. The summed E-state index contributed by atoms with van der Waals surface area (Å²) in [6, 6.07) is 0.